The molecule has 164 valence electrons. The van der Waals surface area contributed by atoms with Crippen molar-refractivity contribution in [2.75, 3.05) is 36.5 Å². The number of likely N-dealkylation sites (tertiary alicyclic amines) is 1. The van der Waals surface area contributed by atoms with Gasteiger partial charge in [0.15, 0.2) is 6.04 Å². The number of aliphatic carboxylic acids is 1. The number of para-hydroxylation sites is 1. The van der Waals surface area contributed by atoms with E-state index in [9.17, 15) is 9.90 Å². The molecule has 0 saturated carbocycles. The fourth-order valence-electron chi connectivity index (χ4n) is 4.95. The van der Waals surface area contributed by atoms with E-state index in [0.29, 0.717) is 11.0 Å². The Morgan fingerprint density at radius 2 is 2.00 bits per heavy atom. The number of carboxylic acid groups (broad SMARTS) is 1. The van der Waals surface area contributed by atoms with Crippen LogP contribution in [-0.4, -0.2) is 48.7 Å². The van der Waals surface area contributed by atoms with Gasteiger partial charge in [0.05, 0.1) is 31.7 Å². The lowest BCUT2D eigenvalue weighted by Crippen LogP contribution is -2.70. The molecule has 4 rings (SSSR count). The highest BCUT2D eigenvalue weighted by atomic mass is 32.1. The molecule has 0 bridgehead atoms. The molecule has 0 radical (unpaired) electrons. The number of anilines is 2. The Morgan fingerprint density at radius 3 is 2.61 bits per heavy atom. The molecule has 1 saturated heterocycles. The molecule has 0 spiro atoms. The molecule has 2 aliphatic heterocycles. The number of nitrogens with zero attached hydrogens (tertiary/aromatic N) is 4. The number of nitrogens with one attached hydrogen (secondary N) is 1. The van der Waals surface area contributed by atoms with Crippen LogP contribution >= 0.6 is 12.6 Å². The average Bonchev–Trinajstić information content (AvgIpc) is 3.14. The second-order valence-corrected chi connectivity index (χ2v) is 9.03. The first-order valence-electron chi connectivity index (χ1n) is 10.8. The number of hydrogen-bond donors (Lipinski definition) is 3. The van der Waals surface area contributed by atoms with Gasteiger partial charge in [-0.1, -0.05) is 29.5 Å². The van der Waals surface area contributed by atoms with Gasteiger partial charge in [0.2, 0.25) is 0 Å². The number of quaternary nitrogens is 1. The zero-order valence-electron chi connectivity index (χ0n) is 18.0. The van der Waals surface area contributed by atoms with Crippen LogP contribution in [0.1, 0.15) is 24.0 Å². The number of carboxylic acids is 1. The van der Waals surface area contributed by atoms with E-state index in [1.54, 1.807) is 0 Å². The molecular weight excluding hydrogens is 410 g/mol. The molecule has 1 fully saturated rings. The summed E-state index contributed by atoms with van der Waals surface area (Å²) in [6.07, 6.45) is 1.61. The van der Waals surface area contributed by atoms with Crippen molar-refractivity contribution in [1.82, 2.24) is 4.48 Å². The number of rotatable bonds is 8. The van der Waals surface area contributed by atoms with Crippen molar-refractivity contribution in [1.29, 1.82) is 0 Å². The summed E-state index contributed by atoms with van der Waals surface area (Å²) in [5.41, 5.74) is 5.50. The Bertz CT molecular complexity index is 977. The van der Waals surface area contributed by atoms with Crippen LogP contribution in [0.3, 0.4) is 0 Å². The van der Waals surface area contributed by atoms with Gasteiger partial charge in [-0.05, 0) is 32.0 Å². The molecule has 2 N–H and O–H groups in total. The molecule has 2 heterocycles. The molecule has 3 unspecified atom stereocenters. The fraction of sp³-hybridized carbons (Fsp3) is 0.435. The third kappa shape index (κ3) is 4.14. The summed E-state index contributed by atoms with van der Waals surface area (Å²) in [5, 5.41) is 23.3. The summed E-state index contributed by atoms with van der Waals surface area (Å²) < 4.78 is 0.547. The number of benzene rings is 2. The summed E-state index contributed by atoms with van der Waals surface area (Å²) in [7, 11) is 0. The summed E-state index contributed by atoms with van der Waals surface area (Å²) >= 11 is 4.51. The zero-order valence-corrected chi connectivity index (χ0v) is 18.9. The number of hydrogen-bond acceptors (Lipinski definition) is 6. The van der Waals surface area contributed by atoms with E-state index >= 15 is 0 Å². The summed E-state index contributed by atoms with van der Waals surface area (Å²) in [6.45, 7) is 7.22. The van der Waals surface area contributed by atoms with Gasteiger partial charge in [-0.25, -0.2) is 9.80 Å². The van der Waals surface area contributed by atoms with Gasteiger partial charge < -0.3 is 10.4 Å². The van der Waals surface area contributed by atoms with Crippen molar-refractivity contribution < 1.29 is 9.90 Å². The maximum absolute atomic E-state index is 12.0. The lowest BCUT2D eigenvalue weighted by atomic mass is 9.91. The molecule has 2 aromatic carbocycles. The van der Waals surface area contributed by atoms with E-state index in [4.69, 9.17) is 0 Å². The van der Waals surface area contributed by atoms with Crippen LogP contribution in [0, 0.1) is 13.8 Å². The molecule has 0 aliphatic carbocycles. The predicted molar refractivity (Wildman–Crippen MR) is 128 cm³/mol. The van der Waals surface area contributed by atoms with Crippen molar-refractivity contribution in [2.24, 2.45) is 10.3 Å². The van der Waals surface area contributed by atoms with Gasteiger partial charge in [-0.2, -0.15) is 17.7 Å². The van der Waals surface area contributed by atoms with Crippen molar-refractivity contribution in [3.63, 3.8) is 0 Å². The minimum atomic E-state index is -0.698. The molecule has 7 nitrogen and oxygen atoms in total. The van der Waals surface area contributed by atoms with E-state index in [2.05, 4.69) is 54.3 Å². The van der Waals surface area contributed by atoms with Crippen molar-refractivity contribution in [2.45, 2.75) is 38.1 Å². The lowest BCUT2D eigenvalue weighted by molar-refractivity contribution is -0.147. The SMILES string of the molecule is Cc1cccc(C)c1[N+]1(CCCNc2cccc(N3N=NCC3S)c2)CCC1C(=O)O. The molecule has 3 atom stereocenters. The van der Waals surface area contributed by atoms with Crippen LogP contribution < -0.4 is 14.8 Å². The van der Waals surface area contributed by atoms with E-state index in [-0.39, 0.29) is 11.4 Å². The maximum atomic E-state index is 12.0. The van der Waals surface area contributed by atoms with Crippen LogP contribution in [0.5, 0.6) is 0 Å². The normalized spacial score (nSPS) is 24.8. The second kappa shape index (κ2) is 8.88. The largest absolute Gasteiger partial charge is 0.477 e. The third-order valence-electron chi connectivity index (χ3n) is 6.43. The van der Waals surface area contributed by atoms with Crippen molar-refractivity contribution in [3.05, 3.63) is 53.6 Å². The van der Waals surface area contributed by atoms with Crippen LogP contribution in [-0.2, 0) is 4.79 Å². The summed E-state index contributed by atoms with van der Waals surface area (Å²) in [5.74, 6) is -0.698. The van der Waals surface area contributed by atoms with E-state index in [1.165, 1.54) is 16.8 Å². The highest BCUT2D eigenvalue weighted by molar-refractivity contribution is 7.81. The average molecular weight is 441 g/mol. The molecule has 8 heteroatoms. The lowest BCUT2D eigenvalue weighted by Gasteiger charge is -2.51. The van der Waals surface area contributed by atoms with E-state index < -0.39 is 5.97 Å². The topological polar surface area (TPSA) is 77.3 Å². The van der Waals surface area contributed by atoms with Gasteiger partial charge in [-0.15, -0.1) is 0 Å². The first kappa shape index (κ1) is 21.6. The molecular formula is C23H30N5O2S+. The Kier molecular flexibility index (Phi) is 6.20. The summed E-state index contributed by atoms with van der Waals surface area (Å²) in [6, 6.07) is 13.9. The molecule has 31 heavy (non-hydrogen) atoms. The molecule has 0 amide bonds. The van der Waals surface area contributed by atoms with Crippen molar-refractivity contribution in [3.8, 4) is 0 Å². The highest BCUT2D eigenvalue weighted by Gasteiger charge is 2.53. The van der Waals surface area contributed by atoms with Crippen LogP contribution in [0.4, 0.5) is 17.1 Å². The Balaban J connectivity index is 1.44. The summed E-state index contributed by atoms with van der Waals surface area (Å²) in [4.78, 5) is 12.0. The first-order valence-corrected chi connectivity index (χ1v) is 11.3. The number of aryl methyl sites for hydroxylation is 2. The van der Waals surface area contributed by atoms with Crippen molar-refractivity contribution >= 4 is 35.7 Å². The minimum absolute atomic E-state index is 0.0312. The zero-order chi connectivity index (χ0) is 22.0. The Labute approximate surface area is 188 Å². The van der Waals surface area contributed by atoms with E-state index in [1.807, 2.05) is 35.3 Å². The highest BCUT2D eigenvalue weighted by Crippen LogP contribution is 2.41. The van der Waals surface area contributed by atoms with E-state index in [0.717, 1.165) is 43.9 Å². The number of thiol groups is 1. The fourth-order valence-corrected chi connectivity index (χ4v) is 5.20. The van der Waals surface area contributed by atoms with Gasteiger partial charge in [0.25, 0.3) is 0 Å². The van der Waals surface area contributed by atoms with Crippen LogP contribution in [0.2, 0.25) is 0 Å². The standard InChI is InChI=1S/C23H29N5O2S/c1-16-6-3-7-17(2)22(16)28(13-10-20(28)23(29)30)12-5-11-24-18-8-4-9-19(14-18)27-21(31)15-25-26-27/h3-4,6-9,14,20-21,24H,5,10-13,15H2,1-2H3,(H-,29,30,31)/p+1. The quantitative estimate of drug-likeness (QED) is 0.323. The number of carbonyl (C=O) groups is 1. The smallest absolute Gasteiger partial charge is 0.363 e. The second-order valence-electron chi connectivity index (χ2n) is 8.43. The molecule has 0 aromatic heterocycles. The first-order chi connectivity index (χ1) is 14.9. The Hall–Kier alpha value is -2.58. The molecule has 2 aromatic rings. The van der Waals surface area contributed by atoms with Crippen LogP contribution in [0.25, 0.3) is 0 Å². The van der Waals surface area contributed by atoms with Gasteiger partial charge in [0, 0.05) is 29.8 Å². The van der Waals surface area contributed by atoms with Crippen LogP contribution in [0.15, 0.2) is 52.8 Å². The monoisotopic (exact) mass is 440 g/mol. The van der Waals surface area contributed by atoms with Gasteiger partial charge >= 0.3 is 5.97 Å². The van der Waals surface area contributed by atoms with Gasteiger partial charge in [0.1, 0.15) is 11.1 Å². The maximum Gasteiger partial charge on any atom is 0.363 e. The van der Waals surface area contributed by atoms with Gasteiger partial charge in [-0.3, -0.25) is 4.48 Å². The Morgan fingerprint density at radius 1 is 1.26 bits per heavy atom. The predicted octanol–water partition coefficient (Wildman–Crippen LogP) is 4.41. The third-order valence-corrected chi connectivity index (χ3v) is 6.81. The minimum Gasteiger partial charge on any atom is -0.477 e. The molecule has 2 aliphatic rings.